The molecule has 0 radical (unpaired) electrons. The van der Waals surface area contributed by atoms with Crippen LogP contribution in [0.3, 0.4) is 0 Å². The van der Waals surface area contributed by atoms with Crippen LogP contribution in [0.25, 0.3) is 32.6 Å². The number of nitrogens with one attached hydrogen (secondary N) is 2. The molecule has 1 aromatic heterocycles. The number of aliphatic hydroxyl groups is 1. The van der Waals surface area contributed by atoms with E-state index in [1.54, 1.807) is 0 Å². The Morgan fingerprint density at radius 2 is 1.79 bits per heavy atom. The van der Waals surface area contributed by atoms with Gasteiger partial charge in [-0.2, -0.15) is 0 Å². The first-order valence-electron chi connectivity index (χ1n) is 11.4. The van der Waals surface area contributed by atoms with E-state index in [0.717, 1.165) is 25.2 Å². The monoisotopic (exact) mass is 489 g/mol. The highest BCUT2D eigenvalue weighted by Gasteiger charge is 2.22. The largest absolute Gasteiger partial charge is 0.507 e. The molecule has 0 atom stereocenters. The van der Waals surface area contributed by atoms with Gasteiger partial charge in [-0.3, -0.25) is 19.6 Å². The molecule has 0 saturated carbocycles. The molecule has 1 heterocycles. The number of nitrogens with zero attached hydrogens (tertiary/aromatic N) is 3. The van der Waals surface area contributed by atoms with Crippen molar-refractivity contribution < 1.29 is 15.3 Å². The number of H-pyrrole nitrogens is 1. The fourth-order valence-corrected chi connectivity index (χ4v) is 4.47. The molecule has 0 spiro atoms. The third kappa shape index (κ3) is 4.56. The maximum atomic E-state index is 12.8. The average molecular weight is 490 g/mol. The zero-order valence-electron chi connectivity index (χ0n) is 19.5. The normalized spacial score (nSPS) is 12.4. The molecule has 9 nitrogen and oxygen atoms in total. The molecule has 0 aliphatic rings. The van der Waals surface area contributed by atoms with Gasteiger partial charge in [0, 0.05) is 25.0 Å². The zero-order chi connectivity index (χ0) is 23.5. The Labute approximate surface area is 203 Å². The van der Waals surface area contributed by atoms with Crippen LogP contribution in [-0.4, -0.2) is 75.9 Å². The van der Waals surface area contributed by atoms with Gasteiger partial charge in [-0.25, -0.2) is 0 Å². The maximum absolute atomic E-state index is 12.8. The summed E-state index contributed by atoms with van der Waals surface area (Å²) in [5.41, 5.74) is 1.11. The van der Waals surface area contributed by atoms with Crippen molar-refractivity contribution >= 4 is 45.0 Å². The minimum atomic E-state index is -0.280. The number of benzene rings is 3. The molecule has 184 valence electrons. The fourth-order valence-electron chi connectivity index (χ4n) is 4.47. The topological polar surface area (TPSA) is 126 Å². The number of phenolic OH excluding ortho intramolecular Hbond substituents is 2. The Balaban J connectivity index is 0.00000324. The van der Waals surface area contributed by atoms with Gasteiger partial charge in [-0.05, 0) is 37.4 Å². The molecule has 0 amide bonds. The van der Waals surface area contributed by atoms with E-state index in [9.17, 15) is 15.0 Å². The fraction of sp³-hybridized carbons (Fsp3) is 0.417. The Morgan fingerprint density at radius 1 is 1.03 bits per heavy atom. The summed E-state index contributed by atoms with van der Waals surface area (Å²) in [5.74, 6) is -0.283. The molecule has 0 unspecified atom stereocenters. The summed E-state index contributed by atoms with van der Waals surface area (Å²) in [6.45, 7) is 9.19. The van der Waals surface area contributed by atoms with Crippen molar-refractivity contribution in [1.82, 2.24) is 20.0 Å². The molecule has 4 rings (SSSR count). The second kappa shape index (κ2) is 11.1. The number of aromatic hydroxyl groups is 2. The van der Waals surface area contributed by atoms with Gasteiger partial charge in [-0.15, -0.1) is 12.4 Å². The van der Waals surface area contributed by atoms with Crippen molar-refractivity contribution in [2.24, 2.45) is 4.99 Å². The molecule has 10 heteroatoms. The number of likely N-dealkylation sites (N-methyl/N-ethyl adjacent to an activating group) is 1. The van der Waals surface area contributed by atoms with Crippen molar-refractivity contribution in [2.75, 3.05) is 45.9 Å². The smallest absolute Gasteiger partial charge is 0.189 e. The van der Waals surface area contributed by atoms with Gasteiger partial charge in [0.05, 0.1) is 52.2 Å². The van der Waals surface area contributed by atoms with Crippen molar-refractivity contribution in [1.29, 1.82) is 0 Å². The van der Waals surface area contributed by atoms with Gasteiger partial charge < -0.3 is 25.5 Å². The van der Waals surface area contributed by atoms with Crippen LogP contribution in [0.4, 0.5) is 0 Å². The van der Waals surface area contributed by atoms with E-state index in [4.69, 9.17) is 10.1 Å². The Hall–Kier alpha value is -2.85. The summed E-state index contributed by atoms with van der Waals surface area (Å²) < 4.78 is 1.91. The van der Waals surface area contributed by atoms with Gasteiger partial charge in [0.1, 0.15) is 11.5 Å². The number of aliphatic hydroxyl groups excluding tert-OH is 1. The summed E-state index contributed by atoms with van der Waals surface area (Å²) in [6.07, 6.45) is 0. The first kappa shape index (κ1) is 25.8. The highest BCUT2D eigenvalue weighted by Crippen LogP contribution is 2.41. The van der Waals surface area contributed by atoms with Crippen LogP contribution in [0.2, 0.25) is 0 Å². The van der Waals surface area contributed by atoms with Gasteiger partial charge in [0.25, 0.3) is 0 Å². The van der Waals surface area contributed by atoms with Crippen LogP contribution in [-0.2, 0) is 6.54 Å². The van der Waals surface area contributed by atoms with E-state index in [2.05, 4.69) is 29.2 Å². The van der Waals surface area contributed by atoms with Crippen LogP contribution in [0, 0.1) is 0 Å². The number of rotatable bonds is 10. The van der Waals surface area contributed by atoms with Crippen LogP contribution in [0.1, 0.15) is 13.8 Å². The Morgan fingerprint density at radius 3 is 2.50 bits per heavy atom. The standard InChI is InChI=1S/C24H31N5O4.ClH/c1-3-28(4-2)12-10-26-15-5-6-16-20-19(15)24(33)22-18(32)8-7-17(31)21(22)23(20)27-29(16)13-9-25-11-14-30;/h5-8,25,27,30,32-33H,3-4,9-14H2,1-2H3;1H. The van der Waals surface area contributed by atoms with E-state index in [-0.39, 0.29) is 46.7 Å². The molecule has 0 saturated heterocycles. The zero-order valence-corrected chi connectivity index (χ0v) is 20.3. The number of aromatic amines is 1. The molecule has 34 heavy (non-hydrogen) atoms. The molecule has 0 aliphatic heterocycles. The van der Waals surface area contributed by atoms with Gasteiger partial charge >= 0.3 is 0 Å². The maximum Gasteiger partial charge on any atom is 0.189 e. The quantitative estimate of drug-likeness (QED) is 0.171. The minimum Gasteiger partial charge on any atom is -0.507 e. The second-order valence-corrected chi connectivity index (χ2v) is 8.06. The molecule has 5 N–H and O–H groups in total. The lowest BCUT2D eigenvalue weighted by Crippen LogP contribution is -2.26. The van der Waals surface area contributed by atoms with Crippen molar-refractivity contribution in [2.45, 2.75) is 20.4 Å². The molecule has 0 aliphatic carbocycles. The van der Waals surface area contributed by atoms with Crippen molar-refractivity contribution in [3.63, 3.8) is 0 Å². The van der Waals surface area contributed by atoms with E-state index in [1.807, 2.05) is 16.8 Å². The lowest BCUT2D eigenvalue weighted by Gasteiger charge is -2.16. The second-order valence-electron chi connectivity index (χ2n) is 8.06. The van der Waals surface area contributed by atoms with Gasteiger partial charge in [0.15, 0.2) is 5.43 Å². The number of fused-ring (bicyclic) bond motifs is 2. The molecular formula is C24H32ClN5O4. The SMILES string of the molecule is CCN(CC)CCN=c1ccc2c3c1c(O)c1c(O)ccc(=O)c1c3[nH]n2CCNCCO.Cl. The van der Waals surface area contributed by atoms with Gasteiger partial charge in [0.2, 0.25) is 0 Å². The number of hydrogen-bond donors (Lipinski definition) is 5. The average Bonchev–Trinajstić information content (AvgIpc) is 3.18. The van der Waals surface area contributed by atoms with Crippen LogP contribution < -0.4 is 16.1 Å². The van der Waals surface area contributed by atoms with E-state index < -0.39 is 0 Å². The van der Waals surface area contributed by atoms with E-state index in [1.165, 1.54) is 12.1 Å². The third-order valence-electron chi connectivity index (χ3n) is 6.21. The number of halogens is 1. The summed E-state index contributed by atoms with van der Waals surface area (Å²) in [6, 6.07) is 6.43. The highest BCUT2D eigenvalue weighted by molar-refractivity contribution is 6.23. The first-order valence-corrected chi connectivity index (χ1v) is 11.4. The highest BCUT2D eigenvalue weighted by atomic mass is 35.5. The predicted octanol–water partition coefficient (Wildman–Crippen LogP) is 1.73. The molecule has 0 bridgehead atoms. The van der Waals surface area contributed by atoms with E-state index in [0.29, 0.717) is 47.8 Å². The summed E-state index contributed by atoms with van der Waals surface area (Å²) in [7, 11) is 0. The third-order valence-corrected chi connectivity index (χ3v) is 6.21. The van der Waals surface area contributed by atoms with Gasteiger partial charge in [-0.1, -0.05) is 13.8 Å². The number of hydrogen-bond acceptors (Lipinski definition) is 7. The van der Waals surface area contributed by atoms with Crippen molar-refractivity contribution in [3.05, 3.63) is 39.8 Å². The predicted molar refractivity (Wildman–Crippen MR) is 138 cm³/mol. The Bertz CT molecular complexity index is 1390. The molecule has 4 aromatic rings. The van der Waals surface area contributed by atoms with Crippen LogP contribution in [0.15, 0.2) is 34.1 Å². The minimum absolute atomic E-state index is 0. The Kier molecular flexibility index (Phi) is 8.37. The number of aromatic nitrogens is 2. The van der Waals surface area contributed by atoms with Crippen LogP contribution in [0.5, 0.6) is 11.5 Å². The lowest BCUT2D eigenvalue weighted by atomic mass is 9.99. The van der Waals surface area contributed by atoms with E-state index >= 15 is 0 Å². The summed E-state index contributed by atoms with van der Waals surface area (Å²) in [5, 5.41) is 39.5. The van der Waals surface area contributed by atoms with Crippen LogP contribution >= 0.6 is 12.4 Å². The summed E-state index contributed by atoms with van der Waals surface area (Å²) >= 11 is 0. The molecule has 0 fully saturated rings. The molecule has 3 aromatic carbocycles. The number of phenols is 2. The molecular weight excluding hydrogens is 458 g/mol. The van der Waals surface area contributed by atoms with Crippen molar-refractivity contribution in [3.8, 4) is 11.5 Å². The summed E-state index contributed by atoms with van der Waals surface area (Å²) in [4.78, 5) is 19.8. The first-order chi connectivity index (χ1) is 16.0. The lowest BCUT2D eigenvalue weighted by molar-refractivity contribution is 0.291.